The lowest BCUT2D eigenvalue weighted by Crippen LogP contribution is -2.34. The molecule has 0 aromatic rings. The molecule has 0 fully saturated rings. The maximum Gasteiger partial charge on any atom is 0.0670 e. The molecule has 0 aromatic carbocycles. The molecule has 1 atom stereocenters. The summed E-state index contributed by atoms with van der Waals surface area (Å²) in [7, 11) is 8.06. The molecule has 0 bridgehead atoms. The molecular weight excluding hydrogens is 152 g/mol. The van der Waals surface area contributed by atoms with E-state index in [1.807, 2.05) is 0 Å². The van der Waals surface area contributed by atoms with E-state index in [4.69, 9.17) is 4.74 Å². The molecule has 1 unspecified atom stereocenters. The van der Waals surface area contributed by atoms with Gasteiger partial charge >= 0.3 is 0 Å². The predicted octanol–water partition coefficient (Wildman–Crippen LogP) is 0.515. The van der Waals surface area contributed by atoms with Crippen LogP contribution < -0.4 is 0 Å². The molecule has 0 aliphatic rings. The summed E-state index contributed by atoms with van der Waals surface area (Å²) in [6, 6.07) is 0. The summed E-state index contributed by atoms with van der Waals surface area (Å²) in [6.07, 6.45) is 0.331. The number of methoxy groups -OCH3 is 1. The number of hydrogen-bond donors (Lipinski definition) is 0. The monoisotopic (exact) mass is 174 g/mol. The van der Waals surface area contributed by atoms with Crippen molar-refractivity contribution in [3.63, 3.8) is 0 Å². The van der Waals surface area contributed by atoms with E-state index in [1.165, 1.54) is 0 Å². The fourth-order valence-corrected chi connectivity index (χ4v) is 0.975. The lowest BCUT2D eigenvalue weighted by atomic mass is 10.3. The SMILES string of the molecule is COC(C)CN(C)CCN(C)C. The van der Waals surface area contributed by atoms with E-state index in [2.05, 4.69) is 37.9 Å². The minimum atomic E-state index is 0.331. The first-order valence-electron chi connectivity index (χ1n) is 4.42. The zero-order valence-corrected chi connectivity index (χ0v) is 9.00. The highest BCUT2D eigenvalue weighted by atomic mass is 16.5. The van der Waals surface area contributed by atoms with E-state index >= 15 is 0 Å². The molecule has 0 heterocycles. The van der Waals surface area contributed by atoms with Gasteiger partial charge in [0.05, 0.1) is 6.10 Å². The second-order valence-corrected chi connectivity index (χ2v) is 3.61. The van der Waals surface area contributed by atoms with Crippen molar-refractivity contribution < 1.29 is 4.74 Å². The zero-order chi connectivity index (χ0) is 9.56. The molecule has 0 saturated carbocycles. The van der Waals surface area contributed by atoms with Crippen LogP contribution in [0, 0.1) is 0 Å². The van der Waals surface area contributed by atoms with E-state index in [9.17, 15) is 0 Å². The number of rotatable bonds is 6. The van der Waals surface area contributed by atoms with Crippen LogP contribution in [0.15, 0.2) is 0 Å². The van der Waals surface area contributed by atoms with Crippen LogP contribution in [-0.4, -0.2) is 63.8 Å². The molecule has 0 rings (SSSR count). The van der Waals surface area contributed by atoms with Gasteiger partial charge in [-0.25, -0.2) is 0 Å². The molecule has 0 aliphatic heterocycles. The highest BCUT2D eigenvalue weighted by Gasteiger charge is 2.04. The van der Waals surface area contributed by atoms with Crippen LogP contribution in [0.1, 0.15) is 6.92 Å². The second-order valence-electron chi connectivity index (χ2n) is 3.61. The van der Waals surface area contributed by atoms with Crippen LogP contribution in [-0.2, 0) is 4.74 Å². The van der Waals surface area contributed by atoms with Crippen molar-refractivity contribution in [3.8, 4) is 0 Å². The lowest BCUT2D eigenvalue weighted by Gasteiger charge is -2.21. The van der Waals surface area contributed by atoms with Crippen molar-refractivity contribution >= 4 is 0 Å². The molecule has 0 N–H and O–H groups in total. The van der Waals surface area contributed by atoms with Gasteiger partial charge in [-0.05, 0) is 28.1 Å². The van der Waals surface area contributed by atoms with Crippen LogP contribution in [0.2, 0.25) is 0 Å². The van der Waals surface area contributed by atoms with Crippen LogP contribution >= 0.6 is 0 Å². The summed E-state index contributed by atoms with van der Waals surface area (Å²) in [5.41, 5.74) is 0. The van der Waals surface area contributed by atoms with Crippen molar-refractivity contribution in [1.29, 1.82) is 0 Å². The maximum atomic E-state index is 5.17. The van der Waals surface area contributed by atoms with Crippen molar-refractivity contribution in [3.05, 3.63) is 0 Å². The molecule has 0 spiro atoms. The largest absolute Gasteiger partial charge is 0.380 e. The Kier molecular flexibility index (Phi) is 6.34. The fraction of sp³-hybridized carbons (Fsp3) is 1.00. The van der Waals surface area contributed by atoms with Gasteiger partial charge in [-0.15, -0.1) is 0 Å². The van der Waals surface area contributed by atoms with Crippen molar-refractivity contribution in [1.82, 2.24) is 9.80 Å². The Labute approximate surface area is 76.3 Å². The molecule has 3 heteroatoms. The van der Waals surface area contributed by atoms with Gasteiger partial charge < -0.3 is 14.5 Å². The predicted molar refractivity (Wildman–Crippen MR) is 52.5 cm³/mol. The van der Waals surface area contributed by atoms with Gasteiger partial charge in [-0.3, -0.25) is 0 Å². The standard InChI is InChI=1S/C9H22N2O/c1-9(12-5)8-11(4)7-6-10(2)3/h9H,6-8H2,1-5H3. The Bertz CT molecular complexity index is 107. The van der Waals surface area contributed by atoms with E-state index in [0.717, 1.165) is 19.6 Å². The Balaban J connectivity index is 3.39. The number of nitrogens with zero attached hydrogens (tertiary/aromatic N) is 2. The van der Waals surface area contributed by atoms with Gasteiger partial charge in [-0.1, -0.05) is 0 Å². The normalized spacial score (nSPS) is 14.2. The third-order valence-corrected chi connectivity index (χ3v) is 1.90. The Morgan fingerprint density at radius 1 is 1.17 bits per heavy atom. The molecule has 0 saturated heterocycles. The van der Waals surface area contributed by atoms with E-state index in [0.29, 0.717) is 6.10 Å². The molecule has 0 amide bonds. The zero-order valence-electron chi connectivity index (χ0n) is 9.00. The van der Waals surface area contributed by atoms with Crippen LogP contribution in [0.3, 0.4) is 0 Å². The minimum absolute atomic E-state index is 0.331. The maximum absolute atomic E-state index is 5.17. The van der Waals surface area contributed by atoms with Crippen molar-refractivity contribution in [2.24, 2.45) is 0 Å². The van der Waals surface area contributed by atoms with Gasteiger partial charge in [-0.2, -0.15) is 0 Å². The molecule has 12 heavy (non-hydrogen) atoms. The Morgan fingerprint density at radius 3 is 2.17 bits per heavy atom. The summed E-state index contributed by atoms with van der Waals surface area (Å²) in [5.74, 6) is 0. The van der Waals surface area contributed by atoms with Gasteiger partial charge in [0, 0.05) is 26.7 Å². The minimum Gasteiger partial charge on any atom is -0.380 e. The summed E-state index contributed by atoms with van der Waals surface area (Å²) < 4.78 is 5.17. The van der Waals surface area contributed by atoms with E-state index in [1.54, 1.807) is 7.11 Å². The first kappa shape index (κ1) is 11.9. The van der Waals surface area contributed by atoms with Crippen LogP contribution in [0.5, 0.6) is 0 Å². The summed E-state index contributed by atoms with van der Waals surface area (Å²) in [5, 5.41) is 0. The first-order chi connectivity index (χ1) is 5.56. The summed E-state index contributed by atoms with van der Waals surface area (Å²) in [4.78, 5) is 4.47. The van der Waals surface area contributed by atoms with Crippen molar-refractivity contribution in [2.75, 3.05) is 47.9 Å². The third kappa shape index (κ3) is 6.58. The number of hydrogen-bond acceptors (Lipinski definition) is 3. The molecule has 0 aliphatic carbocycles. The van der Waals surface area contributed by atoms with Gasteiger partial charge in [0.2, 0.25) is 0 Å². The first-order valence-corrected chi connectivity index (χ1v) is 4.42. The molecule has 0 aromatic heterocycles. The highest BCUT2D eigenvalue weighted by Crippen LogP contribution is 1.92. The number of likely N-dealkylation sites (N-methyl/N-ethyl adjacent to an activating group) is 2. The number of ether oxygens (including phenoxy) is 1. The van der Waals surface area contributed by atoms with E-state index in [-0.39, 0.29) is 0 Å². The fourth-order valence-electron chi connectivity index (χ4n) is 0.975. The topological polar surface area (TPSA) is 15.7 Å². The van der Waals surface area contributed by atoms with Gasteiger partial charge in [0.25, 0.3) is 0 Å². The van der Waals surface area contributed by atoms with E-state index < -0.39 is 0 Å². The van der Waals surface area contributed by atoms with Crippen LogP contribution in [0.25, 0.3) is 0 Å². The summed E-state index contributed by atoms with van der Waals surface area (Å²) >= 11 is 0. The third-order valence-electron chi connectivity index (χ3n) is 1.90. The Hall–Kier alpha value is -0.120. The quantitative estimate of drug-likeness (QED) is 0.584. The van der Waals surface area contributed by atoms with Gasteiger partial charge in [0.15, 0.2) is 0 Å². The lowest BCUT2D eigenvalue weighted by molar-refractivity contribution is 0.0837. The molecule has 3 nitrogen and oxygen atoms in total. The average molecular weight is 174 g/mol. The molecule has 0 radical (unpaired) electrons. The van der Waals surface area contributed by atoms with Crippen LogP contribution in [0.4, 0.5) is 0 Å². The van der Waals surface area contributed by atoms with Gasteiger partial charge in [0.1, 0.15) is 0 Å². The Morgan fingerprint density at radius 2 is 1.75 bits per heavy atom. The molecule has 74 valence electrons. The molecular formula is C9H22N2O. The summed E-state index contributed by atoms with van der Waals surface area (Å²) in [6.45, 7) is 5.30. The van der Waals surface area contributed by atoms with Crippen molar-refractivity contribution in [2.45, 2.75) is 13.0 Å². The average Bonchev–Trinajstić information content (AvgIpc) is 2.00. The highest BCUT2D eigenvalue weighted by molar-refractivity contribution is 4.58. The second kappa shape index (κ2) is 6.40. The smallest absolute Gasteiger partial charge is 0.0670 e.